The first-order chi connectivity index (χ1) is 8.97. The van der Waals surface area contributed by atoms with Crippen molar-refractivity contribution in [2.45, 2.75) is 39.7 Å². The molecule has 0 heterocycles. The summed E-state index contributed by atoms with van der Waals surface area (Å²) in [7, 11) is 0. The summed E-state index contributed by atoms with van der Waals surface area (Å²) in [6.07, 6.45) is 1.58. The molecule has 0 fully saturated rings. The van der Waals surface area contributed by atoms with Gasteiger partial charge in [0, 0.05) is 11.4 Å². The van der Waals surface area contributed by atoms with E-state index >= 15 is 0 Å². The van der Waals surface area contributed by atoms with E-state index in [9.17, 15) is 4.79 Å². The molecule has 3 N–H and O–H groups in total. The number of ether oxygens (including phenoxy) is 1. The van der Waals surface area contributed by atoms with Crippen LogP contribution in [0.3, 0.4) is 0 Å². The molecule has 1 aromatic carbocycles. The first kappa shape index (κ1) is 15.5. The molecule has 1 rings (SSSR count). The first-order valence-electron chi connectivity index (χ1n) is 6.74. The van der Waals surface area contributed by atoms with Crippen LogP contribution >= 0.6 is 0 Å². The second-order valence-corrected chi connectivity index (χ2v) is 5.23. The smallest absolute Gasteiger partial charge is 0.226 e. The third-order valence-electron chi connectivity index (χ3n) is 2.73. The van der Waals surface area contributed by atoms with Gasteiger partial charge in [-0.1, -0.05) is 13.8 Å². The Kier molecular flexibility index (Phi) is 6.36. The minimum Gasteiger partial charge on any atom is -0.399 e. The van der Waals surface area contributed by atoms with Crippen LogP contribution in [-0.4, -0.2) is 18.6 Å². The standard InChI is InChI=1S/C15H24N2O2/c1-11(2)10-12(3)19-9-8-15(18)17-14-6-4-13(16)5-7-14/h4-7,11-12H,8-10,16H2,1-3H3,(H,17,18). The number of hydrogen-bond acceptors (Lipinski definition) is 3. The number of anilines is 2. The van der Waals surface area contributed by atoms with Crippen LogP contribution < -0.4 is 11.1 Å². The van der Waals surface area contributed by atoms with Gasteiger partial charge < -0.3 is 15.8 Å². The predicted octanol–water partition coefficient (Wildman–Crippen LogP) is 3.05. The Morgan fingerprint density at radius 1 is 1.26 bits per heavy atom. The van der Waals surface area contributed by atoms with E-state index in [0.29, 0.717) is 24.6 Å². The van der Waals surface area contributed by atoms with Crippen molar-refractivity contribution in [3.05, 3.63) is 24.3 Å². The monoisotopic (exact) mass is 264 g/mol. The molecule has 0 saturated heterocycles. The number of amides is 1. The molecular weight excluding hydrogens is 240 g/mol. The van der Waals surface area contributed by atoms with Crippen LogP contribution in [-0.2, 0) is 9.53 Å². The Morgan fingerprint density at radius 2 is 1.89 bits per heavy atom. The topological polar surface area (TPSA) is 64.3 Å². The van der Waals surface area contributed by atoms with Gasteiger partial charge in [0.05, 0.1) is 19.1 Å². The molecule has 19 heavy (non-hydrogen) atoms. The van der Waals surface area contributed by atoms with Crippen molar-refractivity contribution in [1.29, 1.82) is 0 Å². The molecule has 1 aromatic rings. The number of hydrogen-bond donors (Lipinski definition) is 2. The summed E-state index contributed by atoms with van der Waals surface area (Å²) in [6, 6.07) is 7.10. The van der Waals surface area contributed by atoms with E-state index < -0.39 is 0 Å². The number of nitrogens with one attached hydrogen (secondary N) is 1. The molecule has 0 aliphatic heterocycles. The third kappa shape index (κ3) is 6.82. The van der Waals surface area contributed by atoms with Crippen LogP contribution in [0.1, 0.15) is 33.6 Å². The van der Waals surface area contributed by atoms with Crippen molar-refractivity contribution < 1.29 is 9.53 Å². The molecule has 106 valence electrons. The average Bonchev–Trinajstić information content (AvgIpc) is 2.31. The number of carbonyl (C=O) groups excluding carboxylic acids is 1. The van der Waals surface area contributed by atoms with Crippen LogP contribution in [0.25, 0.3) is 0 Å². The third-order valence-corrected chi connectivity index (χ3v) is 2.73. The van der Waals surface area contributed by atoms with Crippen LogP contribution in [0, 0.1) is 5.92 Å². The van der Waals surface area contributed by atoms with Gasteiger partial charge in [-0.05, 0) is 43.5 Å². The predicted molar refractivity (Wildman–Crippen MR) is 79.0 cm³/mol. The van der Waals surface area contributed by atoms with Gasteiger partial charge in [0.2, 0.25) is 5.91 Å². The summed E-state index contributed by atoms with van der Waals surface area (Å²) in [4.78, 5) is 11.7. The van der Waals surface area contributed by atoms with E-state index in [1.165, 1.54) is 0 Å². The SMILES string of the molecule is CC(C)CC(C)OCCC(=O)Nc1ccc(N)cc1. The van der Waals surface area contributed by atoms with Crippen molar-refractivity contribution in [1.82, 2.24) is 0 Å². The molecule has 0 saturated carbocycles. The maximum Gasteiger partial charge on any atom is 0.226 e. The van der Waals surface area contributed by atoms with E-state index in [4.69, 9.17) is 10.5 Å². The zero-order chi connectivity index (χ0) is 14.3. The number of nitrogens with two attached hydrogens (primary N) is 1. The Labute approximate surface area is 115 Å². The van der Waals surface area contributed by atoms with Crippen LogP contribution in [0.2, 0.25) is 0 Å². The average molecular weight is 264 g/mol. The summed E-state index contributed by atoms with van der Waals surface area (Å²) in [5.74, 6) is 0.570. The largest absolute Gasteiger partial charge is 0.399 e. The first-order valence-corrected chi connectivity index (χ1v) is 6.74. The normalized spacial score (nSPS) is 12.4. The van der Waals surface area contributed by atoms with Crippen LogP contribution in [0.15, 0.2) is 24.3 Å². The minimum absolute atomic E-state index is 0.0403. The lowest BCUT2D eigenvalue weighted by Gasteiger charge is -2.14. The summed E-state index contributed by atoms with van der Waals surface area (Å²) in [6.45, 7) is 6.81. The molecule has 4 nitrogen and oxygen atoms in total. The van der Waals surface area contributed by atoms with Gasteiger partial charge in [0.1, 0.15) is 0 Å². The van der Waals surface area contributed by atoms with Crippen molar-refractivity contribution in [2.24, 2.45) is 5.92 Å². The van der Waals surface area contributed by atoms with Gasteiger partial charge in [-0.2, -0.15) is 0 Å². The Hall–Kier alpha value is -1.55. The highest BCUT2D eigenvalue weighted by Gasteiger charge is 2.07. The lowest BCUT2D eigenvalue weighted by atomic mass is 10.1. The Bertz CT molecular complexity index is 388. The van der Waals surface area contributed by atoms with Gasteiger partial charge in [0.25, 0.3) is 0 Å². The zero-order valence-electron chi connectivity index (χ0n) is 12.0. The highest BCUT2D eigenvalue weighted by molar-refractivity contribution is 5.90. The molecule has 0 aliphatic rings. The quantitative estimate of drug-likeness (QED) is 0.744. The molecule has 0 spiro atoms. The minimum atomic E-state index is -0.0403. The van der Waals surface area contributed by atoms with Crippen molar-refractivity contribution in [3.63, 3.8) is 0 Å². The van der Waals surface area contributed by atoms with Gasteiger partial charge in [0.15, 0.2) is 0 Å². The van der Waals surface area contributed by atoms with Gasteiger partial charge >= 0.3 is 0 Å². The Morgan fingerprint density at radius 3 is 2.47 bits per heavy atom. The zero-order valence-corrected chi connectivity index (χ0v) is 12.0. The highest BCUT2D eigenvalue weighted by Crippen LogP contribution is 2.11. The maximum atomic E-state index is 11.7. The fraction of sp³-hybridized carbons (Fsp3) is 0.533. The highest BCUT2D eigenvalue weighted by atomic mass is 16.5. The number of nitrogen functional groups attached to an aromatic ring is 1. The van der Waals surface area contributed by atoms with E-state index in [0.717, 1.165) is 12.1 Å². The molecule has 0 bridgehead atoms. The molecule has 0 aliphatic carbocycles. The molecule has 1 unspecified atom stereocenters. The van der Waals surface area contributed by atoms with Gasteiger partial charge in [-0.25, -0.2) is 0 Å². The Balaban J connectivity index is 2.23. The maximum absolute atomic E-state index is 11.7. The van der Waals surface area contributed by atoms with Crippen LogP contribution in [0.4, 0.5) is 11.4 Å². The summed E-state index contributed by atoms with van der Waals surface area (Å²) < 4.78 is 5.60. The summed E-state index contributed by atoms with van der Waals surface area (Å²) >= 11 is 0. The number of rotatable bonds is 7. The number of carbonyl (C=O) groups is 1. The molecule has 1 atom stereocenters. The lowest BCUT2D eigenvalue weighted by Crippen LogP contribution is -2.18. The molecule has 0 aromatic heterocycles. The van der Waals surface area contributed by atoms with E-state index in [2.05, 4.69) is 19.2 Å². The second-order valence-electron chi connectivity index (χ2n) is 5.23. The summed E-state index contributed by atoms with van der Waals surface area (Å²) in [5.41, 5.74) is 7.02. The van der Waals surface area contributed by atoms with E-state index in [-0.39, 0.29) is 12.0 Å². The number of benzene rings is 1. The van der Waals surface area contributed by atoms with Crippen molar-refractivity contribution >= 4 is 17.3 Å². The molecule has 4 heteroatoms. The lowest BCUT2D eigenvalue weighted by molar-refractivity contribution is -0.117. The van der Waals surface area contributed by atoms with Gasteiger partial charge in [-0.15, -0.1) is 0 Å². The fourth-order valence-electron chi connectivity index (χ4n) is 1.87. The molecule has 0 radical (unpaired) electrons. The van der Waals surface area contributed by atoms with E-state index in [1.54, 1.807) is 24.3 Å². The van der Waals surface area contributed by atoms with Gasteiger partial charge in [-0.3, -0.25) is 4.79 Å². The van der Waals surface area contributed by atoms with Crippen molar-refractivity contribution in [2.75, 3.05) is 17.7 Å². The van der Waals surface area contributed by atoms with Crippen molar-refractivity contribution in [3.8, 4) is 0 Å². The van der Waals surface area contributed by atoms with Crippen LogP contribution in [0.5, 0.6) is 0 Å². The van der Waals surface area contributed by atoms with E-state index in [1.807, 2.05) is 6.92 Å². The second kappa shape index (κ2) is 7.79. The fourth-order valence-corrected chi connectivity index (χ4v) is 1.87. The summed E-state index contributed by atoms with van der Waals surface area (Å²) in [5, 5.41) is 2.81. The molecular formula is C15H24N2O2. The molecule has 1 amide bonds.